The van der Waals surface area contributed by atoms with Crippen molar-refractivity contribution in [3.05, 3.63) is 58.7 Å². The Bertz CT molecular complexity index is 687. The van der Waals surface area contributed by atoms with Crippen LogP contribution in [-0.4, -0.2) is 18.5 Å². The number of phenolic OH excluding ortho intramolecular Hbond substituents is 1. The molecule has 0 bridgehead atoms. The molecule has 22 heavy (non-hydrogen) atoms. The predicted octanol–water partition coefficient (Wildman–Crippen LogP) is 4.34. The molecule has 0 spiro atoms. The Hall–Kier alpha value is -2.55. The number of benzene rings is 2. The van der Waals surface area contributed by atoms with Crippen molar-refractivity contribution in [1.29, 1.82) is 0 Å². The lowest BCUT2D eigenvalue weighted by Crippen LogP contribution is -1.90. The maximum atomic E-state index is 10.7. The fraction of sp³-hybridized carbons (Fsp3) is 0.211. The van der Waals surface area contributed by atoms with E-state index in [2.05, 4.69) is 19.1 Å². The summed E-state index contributed by atoms with van der Waals surface area (Å²) in [6.45, 7) is 2.15. The summed E-state index contributed by atoms with van der Waals surface area (Å²) in [6, 6.07) is 11.1. The maximum Gasteiger partial charge on any atom is 0.153 e. The summed E-state index contributed by atoms with van der Waals surface area (Å²) in [7, 11) is 1.66. The molecule has 0 saturated carbocycles. The number of methoxy groups -OCH3 is 1. The smallest absolute Gasteiger partial charge is 0.153 e. The molecule has 0 unspecified atom stereocenters. The zero-order chi connectivity index (χ0) is 15.9. The fourth-order valence-electron chi connectivity index (χ4n) is 2.29. The quantitative estimate of drug-likeness (QED) is 0.637. The molecule has 0 aliphatic rings. The van der Waals surface area contributed by atoms with E-state index in [1.807, 2.05) is 18.2 Å². The van der Waals surface area contributed by atoms with Crippen LogP contribution in [0.25, 0.3) is 12.2 Å². The number of rotatable bonds is 6. The number of hydrogen-bond donors (Lipinski definition) is 1. The number of aromatic hydroxyl groups is 1. The fourth-order valence-corrected chi connectivity index (χ4v) is 2.29. The van der Waals surface area contributed by atoms with E-state index in [-0.39, 0.29) is 5.75 Å². The van der Waals surface area contributed by atoms with Gasteiger partial charge >= 0.3 is 0 Å². The minimum absolute atomic E-state index is 0.0117. The summed E-state index contributed by atoms with van der Waals surface area (Å²) in [5.74, 6) is 0.818. The Morgan fingerprint density at radius 1 is 1.09 bits per heavy atom. The summed E-state index contributed by atoms with van der Waals surface area (Å²) in [5, 5.41) is 9.69. The molecule has 0 aliphatic carbocycles. The molecule has 0 radical (unpaired) electrons. The van der Waals surface area contributed by atoms with Crippen LogP contribution >= 0.6 is 0 Å². The molecule has 0 atom stereocenters. The third-order valence-corrected chi connectivity index (χ3v) is 3.47. The number of aldehydes is 1. The van der Waals surface area contributed by atoms with Gasteiger partial charge in [-0.2, -0.15) is 0 Å². The van der Waals surface area contributed by atoms with Crippen molar-refractivity contribution in [2.24, 2.45) is 0 Å². The van der Waals surface area contributed by atoms with Gasteiger partial charge in [-0.15, -0.1) is 0 Å². The SMILES string of the molecule is CCCc1ccc(C=Cc2ccc(C=O)c(O)c2)c(OC)c1. The highest BCUT2D eigenvalue weighted by atomic mass is 16.5. The molecule has 1 N–H and O–H groups in total. The standard InChI is InChI=1S/C19H20O3/c1-3-4-14-5-8-16(19(12-14)22-2)9-6-15-7-10-17(13-20)18(21)11-15/h5-13,21H,3-4H2,1-2H3. The zero-order valence-corrected chi connectivity index (χ0v) is 12.9. The molecule has 2 aromatic carbocycles. The molecule has 3 nitrogen and oxygen atoms in total. The van der Waals surface area contributed by atoms with E-state index in [9.17, 15) is 9.90 Å². The monoisotopic (exact) mass is 296 g/mol. The van der Waals surface area contributed by atoms with Gasteiger partial charge in [0, 0.05) is 5.56 Å². The lowest BCUT2D eigenvalue weighted by Gasteiger charge is -2.07. The van der Waals surface area contributed by atoms with E-state index in [1.54, 1.807) is 25.3 Å². The molecule has 0 saturated heterocycles. The lowest BCUT2D eigenvalue weighted by atomic mass is 10.0. The van der Waals surface area contributed by atoms with E-state index in [4.69, 9.17) is 4.74 Å². The predicted molar refractivity (Wildman–Crippen MR) is 89.4 cm³/mol. The summed E-state index contributed by atoms with van der Waals surface area (Å²) in [5.41, 5.74) is 3.34. The van der Waals surface area contributed by atoms with Crippen molar-refractivity contribution >= 4 is 18.4 Å². The Kier molecular flexibility index (Phi) is 5.37. The van der Waals surface area contributed by atoms with Crippen molar-refractivity contribution in [3.8, 4) is 11.5 Å². The van der Waals surface area contributed by atoms with Gasteiger partial charge in [-0.25, -0.2) is 0 Å². The maximum absolute atomic E-state index is 10.7. The normalized spacial score (nSPS) is 10.8. The van der Waals surface area contributed by atoms with Gasteiger partial charge in [-0.3, -0.25) is 4.79 Å². The molecule has 3 heteroatoms. The summed E-state index contributed by atoms with van der Waals surface area (Å²) in [6.07, 6.45) is 6.58. The van der Waals surface area contributed by atoms with E-state index in [1.165, 1.54) is 5.56 Å². The molecular weight excluding hydrogens is 276 g/mol. The second kappa shape index (κ2) is 7.46. The van der Waals surface area contributed by atoms with Gasteiger partial charge in [0.2, 0.25) is 0 Å². The largest absolute Gasteiger partial charge is 0.507 e. The number of aryl methyl sites for hydroxylation is 1. The second-order valence-corrected chi connectivity index (χ2v) is 5.10. The molecule has 2 rings (SSSR count). The van der Waals surface area contributed by atoms with Gasteiger partial charge in [0.25, 0.3) is 0 Å². The molecule has 2 aromatic rings. The van der Waals surface area contributed by atoms with Crippen LogP contribution in [0.1, 0.15) is 40.4 Å². The van der Waals surface area contributed by atoms with Gasteiger partial charge in [0.1, 0.15) is 11.5 Å². The van der Waals surface area contributed by atoms with E-state index in [0.717, 1.165) is 29.7 Å². The Balaban J connectivity index is 2.25. The average Bonchev–Trinajstić information content (AvgIpc) is 2.54. The first-order chi connectivity index (χ1) is 10.7. The van der Waals surface area contributed by atoms with Crippen LogP contribution in [0.2, 0.25) is 0 Å². The van der Waals surface area contributed by atoms with E-state index in [0.29, 0.717) is 11.8 Å². The first kappa shape index (κ1) is 15.8. The molecule has 0 amide bonds. The number of carbonyl (C=O) groups is 1. The summed E-state index contributed by atoms with van der Waals surface area (Å²) >= 11 is 0. The summed E-state index contributed by atoms with van der Waals surface area (Å²) in [4.78, 5) is 10.7. The minimum Gasteiger partial charge on any atom is -0.507 e. The molecule has 0 fully saturated rings. The molecule has 0 heterocycles. The number of carbonyl (C=O) groups excluding carboxylic acids is 1. The van der Waals surface area contributed by atoms with Gasteiger partial charge < -0.3 is 9.84 Å². The highest BCUT2D eigenvalue weighted by Gasteiger charge is 2.03. The molecular formula is C19H20O3. The van der Waals surface area contributed by atoms with E-state index >= 15 is 0 Å². The second-order valence-electron chi connectivity index (χ2n) is 5.10. The van der Waals surface area contributed by atoms with E-state index < -0.39 is 0 Å². The van der Waals surface area contributed by atoms with Crippen LogP contribution < -0.4 is 4.74 Å². The molecule has 0 aromatic heterocycles. The van der Waals surface area contributed by atoms with Crippen LogP contribution in [0.3, 0.4) is 0 Å². The van der Waals surface area contributed by atoms with Crippen LogP contribution in [0.4, 0.5) is 0 Å². The topological polar surface area (TPSA) is 46.5 Å². The van der Waals surface area contributed by atoms with Crippen LogP contribution in [-0.2, 0) is 6.42 Å². The van der Waals surface area contributed by atoms with Crippen molar-refractivity contribution in [2.45, 2.75) is 19.8 Å². The Morgan fingerprint density at radius 3 is 2.50 bits per heavy atom. The highest BCUT2D eigenvalue weighted by Crippen LogP contribution is 2.24. The average molecular weight is 296 g/mol. The lowest BCUT2D eigenvalue weighted by molar-refractivity contribution is 0.112. The number of ether oxygens (including phenoxy) is 1. The van der Waals surface area contributed by atoms with Crippen molar-refractivity contribution < 1.29 is 14.6 Å². The van der Waals surface area contributed by atoms with Gasteiger partial charge in [-0.05, 0) is 35.7 Å². The third-order valence-electron chi connectivity index (χ3n) is 3.47. The molecule has 0 aliphatic heterocycles. The van der Waals surface area contributed by atoms with Gasteiger partial charge in [-0.1, -0.05) is 43.7 Å². The third kappa shape index (κ3) is 3.76. The minimum atomic E-state index is -0.0117. The number of phenols is 1. The van der Waals surface area contributed by atoms with Gasteiger partial charge in [0.05, 0.1) is 12.7 Å². The van der Waals surface area contributed by atoms with Crippen molar-refractivity contribution in [1.82, 2.24) is 0 Å². The zero-order valence-electron chi connectivity index (χ0n) is 12.9. The van der Waals surface area contributed by atoms with Crippen molar-refractivity contribution in [3.63, 3.8) is 0 Å². The first-order valence-electron chi connectivity index (χ1n) is 7.31. The molecule has 114 valence electrons. The number of hydrogen-bond acceptors (Lipinski definition) is 3. The highest BCUT2D eigenvalue weighted by molar-refractivity contribution is 5.81. The van der Waals surface area contributed by atoms with Crippen LogP contribution in [0.15, 0.2) is 36.4 Å². The Labute approximate surface area is 130 Å². The van der Waals surface area contributed by atoms with Crippen LogP contribution in [0.5, 0.6) is 11.5 Å². The Morgan fingerprint density at radius 2 is 1.86 bits per heavy atom. The summed E-state index contributed by atoms with van der Waals surface area (Å²) < 4.78 is 5.43. The first-order valence-corrected chi connectivity index (χ1v) is 7.31. The van der Waals surface area contributed by atoms with Gasteiger partial charge in [0.15, 0.2) is 6.29 Å². The van der Waals surface area contributed by atoms with Crippen molar-refractivity contribution in [2.75, 3.05) is 7.11 Å². The van der Waals surface area contributed by atoms with Crippen LogP contribution in [0, 0.1) is 0 Å².